The predicted octanol–water partition coefficient (Wildman–Crippen LogP) is 4.94. The van der Waals surface area contributed by atoms with Crippen LogP contribution in [0.25, 0.3) is 11.1 Å². The van der Waals surface area contributed by atoms with Crippen molar-refractivity contribution in [3.8, 4) is 0 Å². The molecule has 27 heavy (non-hydrogen) atoms. The number of amides is 1. The fraction of sp³-hybridized carbons (Fsp3) is 0.333. The average Bonchev–Trinajstić information content (AvgIpc) is 3.11. The lowest BCUT2D eigenvalue weighted by atomic mass is 10.1. The minimum Gasteiger partial charge on any atom is -0.431 e. The summed E-state index contributed by atoms with van der Waals surface area (Å²) in [4.78, 5) is 19.3. The van der Waals surface area contributed by atoms with Crippen molar-refractivity contribution in [1.29, 1.82) is 0 Å². The van der Waals surface area contributed by atoms with E-state index in [1.54, 1.807) is 0 Å². The molecule has 1 amide bonds. The molecule has 4 rings (SSSR count). The van der Waals surface area contributed by atoms with Crippen molar-refractivity contribution in [2.45, 2.75) is 36.7 Å². The number of nitrogens with zero attached hydrogens (tertiary/aromatic N) is 2. The number of piperidine rings is 1. The molecule has 1 unspecified atom stereocenters. The monoisotopic (exact) mass is 381 g/mol. The number of hydrogen-bond acceptors (Lipinski definition) is 5. The number of carbonyl (C=O) groups is 1. The highest BCUT2D eigenvalue weighted by atomic mass is 32.2. The van der Waals surface area contributed by atoms with Gasteiger partial charge < -0.3 is 14.6 Å². The highest BCUT2D eigenvalue weighted by molar-refractivity contribution is 8.00. The van der Waals surface area contributed by atoms with E-state index in [1.807, 2.05) is 43.3 Å². The first-order chi connectivity index (χ1) is 13.2. The van der Waals surface area contributed by atoms with Crippen LogP contribution in [0.1, 0.15) is 26.2 Å². The van der Waals surface area contributed by atoms with Crippen molar-refractivity contribution in [2.75, 3.05) is 23.3 Å². The zero-order valence-corrected chi connectivity index (χ0v) is 16.2. The van der Waals surface area contributed by atoms with Crippen molar-refractivity contribution in [3.63, 3.8) is 0 Å². The SMILES string of the molecule is CC(Sc1nc2ccccc2o1)C(=O)Nc1ccc(N2CCCCC2)cc1. The third kappa shape index (κ3) is 4.27. The maximum atomic E-state index is 12.5. The number of hydrogen-bond donors (Lipinski definition) is 1. The van der Waals surface area contributed by atoms with Gasteiger partial charge >= 0.3 is 0 Å². The fourth-order valence-corrected chi connectivity index (χ4v) is 4.02. The van der Waals surface area contributed by atoms with Crippen LogP contribution in [-0.2, 0) is 4.79 Å². The molecule has 2 aromatic carbocycles. The normalized spacial score (nSPS) is 15.7. The zero-order chi connectivity index (χ0) is 18.6. The summed E-state index contributed by atoms with van der Waals surface area (Å²) in [6, 6.07) is 15.7. The molecule has 0 saturated carbocycles. The molecule has 5 nitrogen and oxygen atoms in total. The topological polar surface area (TPSA) is 58.4 Å². The number of aromatic nitrogens is 1. The maximum absolute atomic E-state index is 12.5. The second-order valence-electron chi connectivity index (χ2n) is 6.79. The van der Waals surface area contributed by atoms with E-state index in [9.17, 15) is 4.79 Å². The van der Waals surface area contributed by atoms with Gasteiger partial charge in [-0.3, -0.25) is 4.79 Å². The summed E-state index contributed by atoms with van der Waals surface area (Å²) in [6.07, 6.45) is 3.83. The van der Waals surface area contributed by atoms with E-state index in [0.29, 0.717) is 5.22 Å². The third-order valence-electron chi connectivity index (χ3n) is 4.78. The minimum atomic E-state index is -0.306. The molecular weight excluding hydrogens is 358 g/mol. The standard InChI is InChI=1S/C21H23N3O2S/c1-15(27-21-23-18-7-3-4-8-19(18)26-21)20(25)22-16-9-11-17(12-10-16)24-13-5-2-6-14-24/h3-4,7-12,15H,2,5-6,13-14H2,1H3,(H,22,25). The first kappa shape index (κ1) is 17.9. The second kappa shape index (κ2) is 8.05. The van der Waals surface area contributed by atoms with E-state index in [1.165, 1.54) is 36.7 Å². The summed E-state index contributed by atoms with van der Waals surface area (Å²) in [5.41, 5.74) is 3.58. The van der Waals surface area contributed by atoms with Crippen LogP contribution in [0.3, 0.4) is 0 Å². The lowest BCUT2D eigenvalue weighted by Crippen LogP contribution is -2.29. The van der Waals surface area contributed by atoms with Crippen LogP contribution >= 0.6 is 11.8 Å². The van der Waals surface area contributed by atoms with Gasteiger partial charge in [-0.15, -0.1) is 0 Å². The molecule has 1 aliphatic rings. The summed E-state index contributed by atoms with van der Waals surface area (Å²) in [5.74, 6) is -0.0621. The van der Waals surface area contributed by atoms with E-state index in [0.717, 1.165) is 29.9 Å². The third-order valence-corrected chi connectivity index (χ3v) is 5.72. The number of thioether (sulfide) groups is 1. The Labute approximate surface area is 163 Å². The summed E-state index contributed by atoms with van der Waals surface area (Å²) in [6.45, 7) is 4.09. The Balaban J connectivity index is 1.36. The largest absolute Gasteiger partial charge is 0.431 e. The summed E-state index contributed by atoms with van der Waals surface area (Å²) in [5, 5.41) is 3.19. The Bertz CT molecular complexity index is 884. The zero-order valence-electron chi connectivity index (χ0n) is 15.4. The molecule has 1 fully saturated rings. The van der Waals surface area contributed by atoms with Crippen molar-refractivity contribution in [3.05, 3.63) is 48.5 Å². The molecule has 6 heteroatoms. The number of benzene rings is 2. The van der Waals surface area contributed by atoms with Crippen LogP contribution in [0.15, 0.2) is 58.2 Å². The van der Waals surface area contributed by atoms with Gasteiger partial charge in [0.1, 0.15) is 5.52 Å². The van der Waals surface area contributed by atoms with Gasteiger partial charge in [0.15, 0.2) is 5.58 Å². The van der Waals surface area contributed by atoms with Gasteiger partial charge in [-0.2, -0.15) is 0 Å². The van der Waals surface area contributed by atoms with E-state index in [2.05, 4.69) is 27.3 Å². The highest BCUT2D eigenvalue weighted by Crippen LogP contribution is 2.27. The molecule has 0 radical (unpaired) electrons. The molecule has 1 aromatic heterocycles. The summed E-state index contributed by atoms with van der Waals surface area (Å²) >= 11 is 1.32. The fourth-order valence-electron chi connectivity index (χ4n) is 3.26. The predicted molar refractivity (Wildman–Crippen MR) is 110 cm³/mol. The molecule has 140 valence electrons. The Morgan fingerprint density at radius 1 is 1.11 bits per heavy atom. The first-order valence-corrected chi connectivity index (χ1v) is 10.2. The first-order valence-electron chi connectivity index (χ1n) is 9.37. The van der Waals surface area contributed by atoms with Crippen LogP contribution in [0, 0.1) is 0 Å². The lowest BCUT2D eigenvalue weighted by molar-refractivity contribution is -0.115. The lowest BCUT2D eigenvalue weighted by Gasteiger charge is -2.28. The van der Waals surface area contributed by atoms with Crippen LogP contribution in [0.4, 0.5) is 11.4 Å². The minimum absolute atomic E-state index is 0.0621. The number of fused-ring (bicyclic) bond motifs is 1. The molecule has 0 aliphatic carbocycles. The van der Waals surface area contributed by atoms with Crippen LogP contribution in [-0.4, -0.2) is 29.2 Å². The Morgan fingerprint density at radius 2 is 1.85 bits per heavy atom. The molecule has 0 bridgehead atoms. The number of para-hydroxylation sites is 2. The van der Waals surface area contributed by atoms with Crippen LogP contribution < -0.4 is 10.2 Å². The Kier molecular flexibility index (Phi) is 5.34. The Hall–Kier alpha value is -2.47. The van der Waals surface area contributed by atoms with Crippen molar-refractivity contribution >= 4 is 40.1 Å². The van der Waals surface area contributed by atoms with Crippen molar-refractivity contribution in [2.24, 2.45) is 0 Å². The molecule has 1 atom stereocenters. The van der Waals surface area contributed by atoms with Crippen molar-refractivity contribution in [1.82, 2.24) is 4.98 Å². The molecule has 1 saturated heterocycles. The number of nitrogens with one attached hydrogen (secondary N) is 1. The molecule has 3 aromatic rings. The average molecular weight is 382 g/mol. The van der Waals surface area contributed by atoms with Gasteiger partial charge in [-0.1, -0.05) is 23.9 Å². The number of oxazole rings is 1. The molecular formula is C21H23N3O2S. The highest BCUT2D eigenvalue weighted by Gasteiger charge is 2.18. The van der Waals surface area contributed by atoms with Gasteiger partial charge in [0, 0.05) is 24.5 Å². The van der Waals surface area contributed by atoms with Gasteiger partial charge in [0.2, 0.25) is 5.91 Å². The van der Waals surface area contributed by atoms with Gasteiger partial charge in [-0.05, 0) is 62.6 Å². The van der Waals surface area contributed by atoms with E-state index < -0.39 is 0 Å². The molecule has 1 N–H and O–H groups in total. The Morgan fingerprint density at radius 3 is 2.59 bits per heavy atom. The molecule has 1 aliphatic heterocycles. The van der Waals surface area contributed by atoms with Gasteiger partial charge in [0.05, 0.1) is 5.25 Å². The number of rotatable bonds is 5. The molecule has 0 spiro atoms. The van der Waals surface area contributed by atoms with E-state index in [-0.39, 0.29) is 11.2 Å². The van der Waals surface area contributed by atoms with Gasteiger partial charge in [-0.25, -0.2) is 4.98 Å². The smallest absolute Gasteiger partial charge is 0.257 e. The van der Waals surface area contributed by atoms with Crippen LogP contribution in [0.5, 0.6) is 0 Å². The number of anilines is 2. The maximum Gasteiger partial charge on any atom is 0.257 e. The second-order valence-corrected chi connectivity index (χ2v) is 8.08. The van der Waals surface area contributed by atoms with E-state index in [4.69, 9.17) is 4.42 Å². The van der Waals surface area contributed by atoms with Crippen molar-refractivity contribution < 1.29 is 9.21 Å². The quantitative estimate of drug-likeness (QED) is 0.635. The number of carbonyl (C=O) groups excluding carboxylic acids is 1. The van der Waals surface area contributed by atoms with E-state index >= 15 is 0 Å². The summed E-state index contributed by atoms with van der Waals surface area (Å²) < 4.78 is 5.69. The van der Waals surface area contributed by atoms with Crippen LogP contribution in [0.2, 0.25) is 0 Å². The summed E-state index contributed by atoms with van der Waals surface area (Å²) in [7, 11) is 0. The van der Waals surface area contributed by atoms with Gasteiger partial charge in [0.25, 0.3) is 5.22 Å². The molecule has 2 heterocycles.